The van der Waals surface area contributed by atoms with Crippen molar-refractivity contribution in [1.29, 1.82) is 0 Å². The summed E-state index contributed by atoms with van der Waals surface area (Å²) in [4.78, 5) is 26.1. The maximum atomic E-state index is 11.9. The summed E-state index contributed by atoms with van der Waals surface area (Å²) in [6, 6.07) is 6.51. The van der Waals surface area contributed by atoms with Gasteiger partial charge in [-0.1, -0.05) is 17.7 Å². The summed E-state index contributed by atoms with van der Waals surface area (Å²) >= 11 is 5.96. The van der Waals surface area contributed by atoms with E-state index in [-0.39, 0.29) is 11.0 Å². The fraction of sp³-hybridized carbons (Fsp3) is 0.0769. The second kappa shape index (κ2) is 5.06. The van der Waals surface area contributed by atoms with Crippen molar-refractivity contribution in [1.82, 2.24) is 4.98 Å². The number of hydrogen-bond acceptors (Lipinski definition) is 2. The van der Waals surface area contributed by atoms with E-state index < -0.39 is 5.91 Å². The number of nitrogens with one attached hydrogen (secondary N) is 2. The van der Waals surface area contributed by atoms with E-state index in [4.69, 9.17) is 11.6 Å². The zero-order valence-corrected chi connectivity index (χ0v) is 10.4. The normalized spacial score (nSPS) is 10.1. The van der Waals surface area contributed by atoms with Gasteiger partial charge in [-0.15, -0.1) is 0 Å². The van der Waals surface area contributed by atoms with E-state index in [1.807, 2.05) is 0 Å². The number of aromatic amines is 1. The topological polar surface area (TPSA) is 62.0 Å². The van der Waals surface area contributed by atoms with Gasteiger partial charge < -0.3 is 10.3 Å². The third-order valence-electron chi connectivity index (χ3n) is 2.58. The van der Waals surface area contributed by atoms with Crippen LogP contribution in [0, 0.1) is 6.92 Å². The molecule has 0 fully saturated rings. The van der Waals surface area contributed by atoms with Gasteiger partial charge in [0.15, 0.2) is 5.43 Å². The van der Waals surface area contributed by atoms with Gasteiger partial charge in [0.25, 0.3) is 5.91 Å². The molecule has 0 saturated carbocycles. The van der Waals surface area contributed by atoms with E-state index in [0.717, 1.165) is 5.56 Å². The average Bonchev–Trinajstić information content (AvgIpc) is 2.35. The van der Waals surface area contributed by atoms with Crippen LogP contribution in [0.15, 0.2) is 41.5 Å². The van der Waals surface area contributed by atoms with Gasteiger partial charge in [0.05, 0.1) is 0 Å². The molecule has 1 amide bonds. The molecule has 1 heterocycles. The monoisotopic (exact) mass is 262 g/mol. The summed E-state index contributed by atoms with van der Waals surface area (Å²) < 4.78 is 0. The van der Waals surface area contributed by atoms with Gasteiger partial charge in [0.1, 0.15) is 5.56 Å². The zero-order chi connectivity index (χ0) is 13.1. The highest BCUT2D eigenvalue weighted by atomic mass is 35.5. The molecule has 2 N–H and O–H groups in total. The van der Waals surface area contributed by atoms with Gasteiger partial charge in [0.2, 0.25) is 0 Å². The molecular weight excluding hydrogens is 252 g/mol. The first-order chi connectivity index (χ1) is 8.59. The predicted molar refractivity (Wildman–Crippen MR) is 71.2 cm³/mol. The van der Waals surface area contributed by atoms with Crippen LogP contribution in [0.2, 0.25) is 5.02 Å². The molecule has 0 atom stereocenters. The molecule has 1 aromatic heterocycles. The number of amides is 1. The first-order valence-corrected chi connectivity index (χ1v) is 5.71. The molecule has 0 aliphatic rings. The Morgan fingerprint density at radius 2 is 2.11 bits per heavy atom. The van der Waals surface area contributed by atoms with Crippen LogP contribution in [0.5, 0.6) is 0 Å². The number of hydrogen-bond donors (Lipinski definition) is 2. The standard InChI is InChI=1S/C13H11ClN2O2/c1-8-10(14)3-2-4-11(8)16-13(18)9-7-15-6-5-12(9)17/h2-7H,1H3,(H,15,17)(H,16,18). The Kier molecular flexibility index (Phi) is 3.48. The summed E-state index contributed by atoms with van der Waals surface area (Å²) in [5, 5.41) is 3.23. The summed E-state index contributed by atoms with van der Waals surface area (Å²) in [5.74, 6) is -0.456. The van der Waals surface area contributed by atoms with Crippen molar-refractivity contribution in [2.75, 3.05) is 5.32 Å². The molecule has 0 saturated heterocycles. The Hall–Kier alpha value is -2.07. The van der Waals surface area contributed by atoms with E-state index in [2.05, 4.69) is 10.3 Å². The molecule has 5 heteroatoms. The molecule has 0 radical (unpaired) electrons. The van der Waals surface area contributed by atoms with E-state index in [9.17, 15) is 9.59 Å². The van der Waals surface area contributed by atoms with Crippen LogP contribution in [0.4, 0.5) is 5.69 Å². The number of H-pyrrole nitrogens is 1. The molecule has 92 valence electrons. The minimum absolute atomic E-state index is 0.0666. The van der Waals surface area contributed by atoms with Crippen molar-refractivity contribution in [3.63, 3.8) is 0 Å². The van der Waals surface area contributed by atoms with Crippen LogP contribution in [0.25, 0.3) is 0 Å². The van der Waals surface area contributed by atoms with Crippen molar-refractivity contribution < 1.29 is 4.79 Å². The van der Waals surface area contributed by atoms with Gasteiger partial charge in [-0.05, 0) is 24.6 Å². The molecule has 0 aliphatic carbocycles. The third kappa shape index (κ3) is 2.43. The van der Waals surface area contributed by atoms with Crippen LogP contribution in [-0.2, 0) is 0 Å². The number of carbonyl (C=O) groups excluding carboxylic acids is 1. The highest BCUT2D eigenvalue weighted by molar-refractivity contribution is 6.31. The number of carbonyl (C=O) groups is 1. The minimum atomic E-state index is -0.456. The number of aromatic nitrogens is 1. The second-order valence-electron chi connectivity index (χ2n) is 3.79. The minimum Gasteiger partial charge on any atom is -0.367 e. The lowest BCUT2D eigenvalue weighted by Gasteiger charge is -2.08. The smallest absolute Gasteiger partial charge is 0.261 e. The highest BCUT2D eigenvalue weighted by Gasteiger charge is 2.11. The molecule has 0 spiro atoms. The fourth-order valence-electron chi connectivity index (χ4n) is 1.53. The highest BCUT2D eigenvalue weighted by Crippen LogP contribution is 2.23. The van der Waals surface area contributed by atoms with Crippen molar-refractivity contribution >= 4 is 23.2 Å². The van der Waals surface area contributed by atoms with Crippen LogP contribution < -0.4 is 10.7 Å². The zero-order valence-electron chi connectivity index (χ0n) is 9.66. The lowest BCUT2D eigenvalue weighted by Crippen LogP contribution is -2.21. The summed E-state index contributed by atoms with van der Waals surface area (Å²) in [6.07, 6.45) is 2.85. The van der Waals surface area contributed by atoms with E-state index >= 15 is 0 Å². The van der Waals surface area contributed by atoms with Crippen LogP contribution in [0.3, 0.4) is 0 Å². The van der Waals surface area contributed by atoms with Crippen molar-refractivity contribution in [2.45, 2.75) is 6.92 Å². The number of rotatable bonds is 2. The quantitative estimate of drug-likeness (QED) is 0.874. The molecule has 0 bridgehead atoms. The Balaban J connectivity index is 2.30. The first kappa shape index (κ1) is 12.4. The molecule has 0 unspecified atom stereocenters. The maximum absolute atomic E-state index is 11.9. The Bertz CT molecular complexity index is 649. The molecule has 18 heavy (non-hydrogen) atoms. The van der Waals surface area contributed by atoms with E-state index in [1.54, 1.807) is 25.1 Å². The van der Waals surface area contributed by atoms with Gasteiger partial charge in [0, 0.05) is 29.2 Å². The van der Waals surface area contributed by atoms with Crippen molar-refractivity contribution in [2.24, 2.45) is 0 Å². The predicted octanol–water partition coefficient (Wildman–Crippen LogP) is 2.59. The maximum Gasteiger partial charge on any atom is 0.261 e. The lowest BCUT2D eigenvalue weighted by atomic mass is 10.2. The fourth-order valence-corrected chi connectivity index (χ4v) is 1.70. The Morgan fingerprint density at radius 3 is 2.83 bits per heavy atom. The summed E-state index contributed by atoms with van der Waals surface area (Å²) in [7, 11) is 0. The van der Waals surface area contributed by atoms with E-state index in [0.29, 0.717) is 10.7 Å². The number of anilines is 1. The molecule has 2 aromatic rings. The number of benzene rings is 1. The molecule has 4 nitrogen and oxygen atoms in total. The lowest BCUT2D eigenvalue weighted by molar-refractivity contribution is 0.102. The first-order valence-electron chi connectivity index (χ1n) is 5.33. The van der Waals surface area contributed by atoms with Crippen LogP contribution in [-0.4, -0.2) is 10.9 Å². The van der Waals surface area contributed by atoms with Crippen molar-refractivity contribution in [3.8, 4) is 0 Å². The Labute approximate surface area is 109 Å². The van der Waals surface area contributed by atoms with Gasteiger partial charge in [-0.25, -0.2) is 0 Å². The molecule has 1 aromatic carbocycles. The number of halogens is 1. The van der Waals surface area contributed by atoms with Crippen molar-refractivity contribution in [3.05, 3.63) is 63.0 Å². The second-order valence-corrected chi connectivity index (χ2v) is 4.20. The Morgan fingerprint density at radius 1 is 1.33 bits per heavy atom. The molecule has 0 aliphatic heterocycles. The average molecular weight is 263 g/mol. The molecule has 2 rings (SSSR count). The van der Waals surface area contributed by atoms with Gasteiger partial charge >= 0.3 is 0 Å². The summed E-state index contributed by atoms with van der Waals surface area (Å²) in [5.41, 5.74) is 1.10. The third-order valence-corrected chi connectivity index (χ3v) is 2.99. The van der Waals surface area contributed by atoms with Gasteiger partial charge in [-0.2, -0.15) is 0 Å². The van der Waals surface area contributed by atoms with Gasteiger partial charge in [-0.3, -0.25) is 9.59 Å². The largest absolute Gasteiger partial charge is 0.367 e. The summed E-state index contributed by atoms with van der Waals surface area (Å²) in [6.45, 7) is 1.80. The number of pyridine rings is 1. The van der Waals surface area contributed by atoms with Crippen LogP contribution >= 0.6 is 11.6 Å². The van der Waals surface area contributed by atoms with E-state index in [1.165, 1.54) is 18.5 Å². The van der Waals surface area contributed by atoms with Crippen LogP contribution in [0.1, 0.15) is 15.9 Å². The molecular formula is C13H11ClN2O2. The SMILES string of the molecule is Cc1c(Cl)cccc1NC(=O)c1c[nH]ccc1=O.